The second-order valence-electron chi connectivity index (χ2n) is 6.59. The first-order valence-corrected chi connectivity index (χ1v) is 8.43. The molecule has 0 radical (unpaired) electrons. The summed E-state index contributed by atoms with van der Waals surface area (Å²) in [5.74, 6) is 2.16. The van der Waals surface area contributed by atoms with E-state index in [1.54, 1.807) is 7.11 Å². The van der Waals surface area contributed by atoms with Gasteiger partial charge in [0.2, 0.25) is 5.91 Å². The highest BCUT2D eigenvalue weighted by Crippen LogP contribution is 2.37. The summed E-state index contributed by atoms with van der Waals surface area (Å²) in [6, 6.07) is 9.84. The van der Waals surface area contributed by atoms with Gasteiger partial charge in [-0.3, -0.25) is 4.79 Å². The number of piperidine rings is 1. The number of likely N-dealkylation sites (tertiary alicyclic amines) is 1. The largest absolute Gasteiger partial charge is 0.496 e. The van der Waals surface area contributed by atoms with Gasteiger partial charge in [-0.1, -0.05) is 30.3 Å². The van der Waals surface area contributed by atoms with Gasteiger partial charge in [-0.05, 0) is 31.7 Å². The molecule has 0 N–H and O–H groups in total. The number of aryl methyl sites for hydroxylation is 1. The van der Waals surface area contributed by atoms with Crippen LogP contribution in [-0.4, -0.2) is 29.6 Å². The van der Waals surface area contributed by atoms with Gasteiger partial charge in [0.05, 0.1) is 25.3 Å². The monoisotopic (exact) mass is 328 g/mol. The molecule has 24 heavy (non-hydrogen) atoms. The van der Waals surface area contributed by atoms with Crippen molar-refractivity contribution in [1.29, 1.82) is 0 Å². The molecule has 0 saturated carbocycles. The Labute approximate surface area is 142 Å². The molecule has 1 aromatic heterocycles. The van der Waals surface area contributed by atoms with Gasteiger partial charge >= 0.3 is 0 Å². The lowest BCUT2D eigenvalue weighted by Gasteiger charge is -2.39. The average Bonchev–Trinajstić information content (AvgIpc) is 2.99. The van der Waals surface area contributed by atoms with E-state index in [4.69, 9.17) is 9.26 Å². The molecule has 128 valence electrons. The molecule has 1 fully saturated rings. The van der Waals surface area contributed by atoms with E-state index in [1.807, 2.05) is 36.1 Å². The molecule has 3 rings (SSSR count). The van der Waals surface area contributed by atoms with Crippen molar-refractivity contribution in [1.82, 2.24) is 10.1 Å². The van der Waals surface area contributed by atoms with E-state index in [9.17, 15) is 4.79 Å². The molecule has 5 nitrogen and oxygen atoms in total. The quantitative estimate of drug-likeness (QED) is 0.861. The van der Waals surface area contributed by atoms with Crippen LogP contribution in [0.15, 0.2) is 34.9 Å². The lowest BCUT2D eigenvalue weighted by Crippen LogP contribution is -2.42. The molecule has 2 aromatic rings. The van der Waals surface area contributed by atoms with Gasteiger partial charge in [-0.15, -0.1) is 0 Å². The molecule has 0 bridgehead atoms. The lowest BCUT2D eigenvalue weighted by molar-refractivity contribution is -0.135. The van der Waals surface area contributed by atoms with Crippen molar-refractivity contribution >= 4 is 5.91 Å². The Morgan fingerprint density at radius 3 is 2.88 bits per heavy atom. The summed E-state index contributed by atoms with van der Waals surface area (Å²) in [6.45, 7) is 4.79. The Hall–Kier alpha value is -2.30. The standard InChI is InChI=1S/C19H24N2O3/c1-13-8-9-17(16-6-4-5-7-18(16)23-3)21(12-13)19(22)11-15-10-14(2)24-20-15/h4-7,10,13,17H,8-9,11-12H2,1-3H3/t13-,17+/m1/s1. The fourth-order valence-electron chi connectivity index (χ4n) is 3.45. The summed E-state index contributed by atoms with van der Waals surface area (Å²) in [5.41, 5.74) is 1.77. The van der Waals surface area contributed by atoms with Crippen LogP contribution in [0.2, 0.25) is 0 Å². The maximum Gasteiger partial charge on any atom is 0.229 e. The molecular weight excluding hydrogens is 304 g/mol. The molecule has 2 heterocycles. The van der Waals surface area contributed by atoms with E-state index in [0.717, 1.165) is 36.5 Å². The SMILES string of the molecule is COc1ccccc1[C@@H]1CC[C@@H](C)CN1C(=O)Cc1cc(C)on1. The van der Waals surface area contributed by atoms with Gasteiger partial charge in [-0.25, -0.2) is 0 Å². The van der Waals surface area contributed by atoms with Crippen LogP contribution < -0.4 is 4.74 Å². The first-order chi connectivity index (χ1) is 11.6. The Morgan fingerprint density at radius 2 is 2.17 bits per heavy atom. The molecule has 1 amide bonds. The molecule has 1 saturated heterocycles. The van der Waals surface area contributed by atoms with Crippen LogP contribution in [0, 0.1) is 12.8 Å². The molecule has 0 spiro atoms. The Bertz CT molecular complexity index is 710. The number of aromatic nitrogens is 1. The fourth-order valence-corrected chi connectivity index (χ4v) is 3.45. The molecule has 1 aliphatic heterocycles. The van der Waals surface area contributed by atoms with Crippen molar-refractivity contribution in [2.45, 2.75) is 39.2 Å². The zero-order valence-electron chi connectivity index (χ0n) is 14.5. The predicted octanol–water partition coefficient (Wildman–Crippen LogP) is 3.53. The van der Waals surface area contributed by atoms with E-state index in [1.165, 1.54) is 0 Å². The second-order valence-corrected chi connectivity index (χ2v) is 6.59. The Balaban J connectivity index is 1.85. The lowest BCUT2D eigenvalue weighted by atomic mass is 9.89. The smallest absolute Gasteiger partial charge is 0.229 e. The van der Waals surface area contributed by atoms with Crippen LogP contribution in [0.4, 0.5) is 0 Å². The average molecular weight is 328 g/mol. The summed E-state index contributed by atoms with van der Waals surface area (Å²) in [7, 11) is 1.68. The number of carbonyl (C=O) groups is 1. The Morgan fingerprint density at radius 1 is 1.38 bits per heavy atom. The minimum atomic E-state index is 0.0536. The number of methoxy groups -OCH3 is 1. The molecular formula is C19H24N2O3. The number of hydrogen-bond donors (Lipinski definition) is 0. The number of ether oxygens (including phenoxy) is 1. The van der Waals surface area contributed by atoms with Gasteiger partial charge in [0, 0.05) is 18.2 Å². The normalized spacial score (nSPS) is 20.9. The van der Waals surface area contributed by atoms with Gasteiger partial charge in [0.25, 0.3) is 0 Å². The number of amides is 1. The number of hydrogen-bond acceptors (Lipinski definition) is 4. The van der Waals surface area contributed by atoms with E-state index < -0.39 is 0 Å². The topological polar surface area (TPSA) is 55.6 Å². The number of rotatable bonds is 4. The highest BCUT2D eigenvalue weighted by atomic mass is 16.5. The fraction of sp³-hybridized carbons (Fsp3) is 0.474. The zero-order chi connectivity index (χ0) is 17.1. The second kappa shape index (κ2) is 7.07. The Kier molecular flexibility index (Phi) is 4.88. The van der Waals surface area contributed by atoms with Gasteiger partial charge < -0.3 is 14.2 Å². The van der Waals surface area contributed by atoms with Crippen LogP contribution in [-0.2, 0) is 11.2 Å². The van der Waals surface area contributed by atoms with E-state index in [-0.39, 0.29) is 18.4 Å². The van der Waals surface area contributed by atoms with Gasteiger partial charge in [-0.2, -0.15) is 0 Å². The third-order valence-corrected chi connectivity index (χ3v) is 4.64. The number of nitrogens with zero attached hydrogens (tertiary/aromatic N) is 2. The van der Waals surface area contributed by atoms with Crippen molar-refractivity contribution in [3.05, 3.63) is 47.3 Å². The summed E-state index contributed by atoms with van der Waals surface area (Å²) in [4.78, 5) is 14.9. The van der Waals surface area contributed by atoms with Crippen LogP contribution in [0.5, 0.6) is 5.75 Å². The third kappa shape index (κ3) is 3.45. The van der Waals surface area contributed by atoms with E-state index in [0.29, 0.717) is 11.6 Å². The molecule has 0 unspecified atom stereocenters. The minimum absolute atomic E-state index is 0.0536. The van der Waals surface area contributed by atoms with Crippen molar-refractivity contribution < 1.29 is 14.1 Å². The molecule has 2 atom stereocenters. The molecule has 5 heteroatoms. The number of benzene rings is 1. The van der Waals surface area contributed by atoms with Crippen LogP contribution in [0.3, 0.4) is 0 Å². The third-order valence-electron chi connectivity index (χ3n) is 4.64. The summed E-state index contributed by atoms with van der Waals surface area (Å²) < 4.78 is 10.6. The van der Waals surface area contributed by atoms with Crippen molar-refractivity contribution in [2.24, 2.45) is 5.92 Å². The molecule has 0 aliphatic carbocycles. The molecule has 1 aliphatic rings. The summed E-state index contributed by atoms with van der Waals surface area (Å²) in [6.07, 6.45) is 2.33. The minimum Gasteiger partial charge on any atom is -0.496 e. The van der Waals surface area contributed by atoms with E-state index >= 15 is 0 Å². The summed E-state index contributed by atoms with van der Waals surface area (Å²) in [5, 5.41) is 3.95. The molecule has 1 aromatic carbocycles. The van der Waals surface area contributed by atoms with E-state index in [2.05, 4.69) is 18.1 Å². The van der Waals surface area contributed by atoms with Crippen LogP contribution in [0.25, 0.3) is 0 Å². The van der Waals surface area contributed by atoms with Gasteiger partial charge in [0.1, 0.15) is 11.5 Å². The zero-order valence-corrected chi connectivity index (χ0v) is 14.5. The highest BCUT2D eigenvalue weighted by Gasteiger charge is 2.32. The van der Waals surface area contributed by atoms with Crippen LogP contribution in [0.1, 0.15) is 42.8 Å². The summed E-state index contributed by atoms with van der Waals surface area (Å²) >= 11 is 0. The highest BCUT2D eigenvalue weighted by molar-refractivity contribution is 5.79. The van der Waals surface area contributed by atoms with Crippen LogP contribution >= 0.6 is 0 Å². The van der Waals surface area contributed by atoms with Crippen molar-refractivity contribution in [3.63, 3.8) is 0 Å². The first-order valence-electron chi connectivity index (χ1n) is 8.43. The maximum absolute atomic E-state index is 12.9. The van der Waals surface area contributed by atoms with Crippen molar-refractivity contribution in [3.8, 4) is 5.75 Å². The maximum atomic E-state index is 12.9. The predicted molar refractivity (Wildman–Crippen MR) is 90.8 cm³/mol. The first kappa shape index (κ1) is 16.6. The van der Waals surface area contributed by atoms with Crippen molar-refractivity contribution in [2.75, 3.05) is 13.7 Å². The number of carbonyl (C=O) groups excluding carboxylic acids is 1. The number of para-hydroxylation sites is 1. The van der Waals surface area contributed by atoms with Gasteiger partial charge in [0.15, 0.2) is 0 Å².